The van der Waals surface area contributed by atoms with Crippen LogP contribution in [0.2, 0.25) is 0 Å². The zero-order valence-corrected chi connectivity index (χ0v) is 18.8. The van der Waals surface area contributed by atoms with Gasteiger partial charge in [-0.3, -0.25) is 14.4 Å². The van der Waals surface area contributed by atoms with Gasteiger partial charge in [-0.15, -0.1) is 0 Å². The van der Waals surface area contributed by atoms with Crippen molar-refractivity contribution >= 4 is 45.1 Å². The molecule has 2 aromatic carbocycles. The summed E-state index contributed by atoms with van der Waals surface area (Å²) in [4.78, 5) is 35.9. The third-order valence-electron chi connectivity index (χ3n) is 4.53. The van der Waals surface area contributed by atoms with Gasteiger partial charge in [0, 0.05) is 23.0 Å². The second-order valence-corrected chi connectivity index (χ2v) is 7.51. The fraction of sp³-hybridized carbons (Fsp3) is 0.318. The van der Waals surface area contributed by atoms with E-state index in [1.807, 2.05) is 19.9 Å². The summed E-state index contributed by atoms with van der Waals surface area (Å²) >= 11 is 3.44. The molecule has 0 aliphatic heterocycles. The number of carbonyl (C=O) groups is 3. The molecule has 8 heteroatoms. The Hall–Kier alpha value is -2.87. The lowest BCUT2D eigenvalue weighted by Gasteiger charge is -2.12. The topological polar surface area (TPSA) is 93.7 Å². The van der Waals surface area contributed by atoms with Crippen LogP contribution in [0.15, 0.2) is 40.9 Å². The van der Waals surface area contributed by atoms with Gasteiger partial charge in [-0.25, -0.2) is 0 Å². The predicted molar refractivity (Wildman–Crippen MR) is 119 cm³/mol. The first-order valence-electron chi connectivity index (χ1n) is 9.46. The van der Waals surface area contributed by atoms with E-state index in [2.05, 4.69) is 26.6 Å². The summed E-state index contributed by atoms with van der Waals surface area (Å²) in [7, 11) is 1.52. The number of benzene rings is 2. The zero-order chi connectivity index (χ0) is 22.1. The molecule has 0 radical (unpaired) electrons. The zero-order valence-electron chi connectivity index (χ0n) is 17.2. The van der Waals surface area contributed by atoms with Crippen LogP contribution < -0.4 is 15.4 Å². The molecule has 0 saturated carbocycles. The van der Waals surface area contributed by atoms with Crippen LogP contribution >= 0.6 is 15.9 Å². The summed E-state index contributed by atoms with van der Waals surface area (Å²) in [6.07, 6.45) is 0.506. The maximum Gasteiger partial charge on any atom is 0.306 e. The number of para-hydroxylation sites is 2. The minimum Gasteiger partial charge on any atom is -0.495 e. The molecule has 2 aromatic rings. The fourth-order valence-corrected chi connectivity index (χ4v) is 3.11. The van der Waals surface area contributed by atoms with E-state index in [4.69, 9.17) is 9.47 Å². The highest BCUT2D eigenvalue weighted by molar-refractivity contribution is 9.10. The Morgan fingerprint density at radius 2 is 1.60 bits per heavy atom. The molecule has 0 bridgehead atoms. The third kappa shape index (κ3) is 6.88. The molecule has 0 fully saturated rings. The van der Waals surface area contributed by atoms with E-state index < -0.39 is 11.9 Å². The minimum absolute atomic E-state index is 0.0447. The molecule has 0 heterocycles. The SMILES string of the molecule is COc1ccccc1NC(=O)CCCC(=O)OCC(=O)Nc1ccc(Br)c(C)c1C. The standard InChI is InChI=1S/C22H25BrN2O5/c1-14-15(2)17(12-11-16(14)23)24-21(27)13-30-22(28)10-6-9-20(26)25-18-7-4-5-8-19(18)29-3/h4-5,7-8,11-12H,6,9-10,13H2,1-3H3,(H,24,27)(H,25,26). The molecule has 0 spiro atoms. The van der Waals surface area contributed by atoms with Gasteiger partial charge in [-0.2, -0.15) is 0 Å². The molecular formula is C22H25BrN2O5. The summed E-state index contributed by atoms with van der Waals surface area (Å²) in [5, 5.41) is 5.48. The Morgan fingerprint density at radius 1 is 0.900 bits per heavy atom. The Balaban J connectivity index is 1.70. The van der Waals surface area contributed by atoms with Crippen LogP contribution in [0.1, 0.15) is 30.4 Å². The number of amides is 2. The number of nitrogens with one attached hydrogen (secondary N) is 2. The van der Waals surface area contributed by atoms with Crippen LogP contribution in [-0.4, -0.2) is 31.5 Å². The van der Waals surface area contributed by atoms with E-state index in [1.54, 1.807) is 30.3 Å². The van der Waals surface area contributed by atoms with Crippen molar-refractivity contribution in [1.82, 2.24) is 0 Å². The van der Waals surface area contributed by atoms with Crippen LogP contribution in [-0.2, 0) is 19.1 Å². The number of hydrogen-bond donors (Lipinski definition) is 2. The lowest BCUT2D eigenvalue weighted by molar-refractivity contribution is -0.147. The van der Waals surface area contributed by atoms with Gasteiger partial charge in [0.15, 0.2) is 6.61 Å². The second-order valence-electron chi connectivity index (χ2n) is 6.66. The van der Waals surface area contributed by atoms with E-state index in [-0.39, 0.29) is 25.4 Å². The maximum absolute atomic E-state index is 12.0. The second kappa shape index (κ2) is 11.3. The molecule has 2 N–H and O–H groups in total. The molecule has 0 atom stereocenters. The number of ether oxygens (including phenoxy) is 2. The quantitative estimate of drug-likeness (QED) is 0.524. The Kier molecular flexibility index (Phi) is 8.86. The highest BCUT2D eigenvalue weighted by Crippen LogP contribution is 2.26. The summed E-state index contributed by atoms with van der Waals surface area (Å²) in [6.45, 7) is 3.47. The summed E-state index contributed by atoms with van der Waals surface area (Å²) < 4.78 is 11.1. The van der Waals surface area contributed by atoms with Crippen molar-refractivity contribution in [2.24, 2.45) is 0 Å². The minimum atomic E-state index is -0.529. The monoisotopic (exact) mass is 476 g/mol. The Labute approximate surface area is 184 Å². The molecule has 0 aromatic heterocycles. The summed E-state index contributed by atoms with van der Waals surface area (Å²) in [5.41, 5.74) is 3.20. The van der Waals surface area contributed by atoms with Gasteiger partial charge in [0.25, 0.3) is 5.91 Å². The highest BCUT2D eigenvalue weighted by atomic mass is 79.9. The fourth-order valence-electron chi connectivity index (χ4n) is 2.68. The predicted octanol–water partition coefficient (Wildman–Crippen LogP) is 4.37. The van der Waals surface area contributed by atoms with Gasteiger partial charge in [0.2, 0.25) is 5.91 Å². The first-order valence-corrected chi connectivity index (χ1v) is 10.2. The molecule has 7 nitrogen and oxygen atoms in total. The molecule has 160 valence electrons. The molecule has 0 saturated heterocycles. The first kappa shape index (κ1) is 23.4. The average Bonchev–Trinajstić information content (AvgIpc) is 2.73. The third-order valence-corrected chi connectivity index (χ3v) is 5.38. The summed E-state index contributed by atoms with van der Waals surface area (Å²) in [6, 6.07) is 10.7. The van der Waals surface area contributed by atoms with Crippen molar-refractivity contribution < 1.29 is 23.9 Å². The van der Waals surface area contributed by atoms with Crippen molar-refractivity contribution in [3.8, 4) is 5.75 Å². The molecule has 2 rings (SSSR count). The number of methoxy groups -OCH3 is 1. The number of rotatable bonds is 9. The van der Waals surface area contributed by atoms with Crippen LogP contribution in [0.5, 0.6) is 5.75 Å². The van der Waals surface area contributed by atoms with Crippen LogP contribution in [0.25, 0.3) is 0 Å². The lowest BCUT2D eigenvalue weighted by Crippen LogP contribution is -2.21. The smallest absolute Gasteiger partial charge is 0.306 e. The molecule has 30 heavy (non-hydrogen) atoms. The Morgan fingerprint density at radius 3 is 2.33 bits per heavy atom. The van der Waals surface area contributed by atoms with Gasteiger partial charge in [-0.1, -0.05) is 28.1 Å². The number of carbonyl (C=O) groups excluding carboxylic acids is 3. The van der Waals surface area contributed by atoms with Crippen molar-refractivity contribution in [1.29, 1.82) is 0 Å². The average molecular weight is 477 g/mol. The summed E-state index contributed by atoms with van der Waals surface area (Å²) in [5.74, 6) is -0.611. The lowest BCUT2D eigenvalue weighted by atomic mass is 10.1. The van der Waals surface area contributed by atoms with Gasteiger partial charge in [0.05, 0.1) is 12.8 Å². The number of anilines is 2. The van der Waals surface area contributed by atoms with Crippen LogP contribution in [0, 0.1) is 13.8 Å². The van der Waals surface area contributed by atoms with Crippen molar-refractivity contribution in [2.45, 2.75) is 33.1 Å². The van der Waals surface area contributed by atoms with Crippen LogP contribution in [0.3, 0.4) is 0 Å². The molecule has 0 aliphatic rings. The van der Waals surface area contributed by atoms with Gasteiger partial charge in [-0.05, 0) is 55.7 Å². The normalized spacial score (nSPS) is 10.3. The van der Waals surface area contributed by atoms with E-state index in [0.717, 1.165) is 15.6 Å². The van der Waals surface area contributed by atoms with Crippen molar-refractivity contribution in [3.63, 3.8) is 0 Å². The molecule has 0 unspecified atom stereocenters. The van der Waals surface area contributed by atoms with E-state index >= 15 is 0 Å². The number of hydrogen-bond acceptors (Lipinski definition) is 5. The Bertz CT molecular complexity index is 930. The van der Waals surface area contributed by atoms with E-state index in [0.29, 0.717) is 23.5 Å². The highest BCUT2D eigenvalue weighted by Gasteiger charge is 2.12. The van der Waals surface area contributed by atoms with Crippen LogP contribution in [0.4, 0.5) is 11.4 Å². The van der Waals surface area contributed by atoms with Gasteiger partial charge < -0.3 is 20.1 Å². The molecule has 2 amide bonds. The number of halogens is 1. The van der Waals surface area contributed by atoms with Gasteiger partial charge >= 0.3 is 5.97 Å². The van der Waals surface area contributed by atoms with Crippen molar-refractivity contribution in [3.05, 3.63) is 52.0 Å². The number of esters is 1. The molecule has 0 aliphatic carbocycles. The first-order chi connectivity index (χ1) is 14.3. The largest absolute Gasteiger partial charge is 0.495 e. The van der Waals surface area contributed by atoms with E-state index in [9.17, 15) is 14.4 Å². The maximum atomic E-state index is 12.0. The molecular weight excluding hydrogens is 452 g/mol. The van der Waals surface area contributed by atoms with E-state index in [1.165, 1.54) is 7.11 Å². The van der Waals surface area contributed by atoms with Gasteiger partial charge in [0.1, 0.15) is 5.75 Å². The van der Waals surface area contributed by atoms with Crippen molar-refractivity contribution in [2.75, 3.05) is 24.4 Å².